The molecular formula is C33H51NO3. The van der Waals surface area contributed by atoms with Crippen molar-refractivity contribution in [2.75, 3.05) is 0 Å². The van der Waals surface area contributed by atoms with Crippen molar-refractivity contribution < 1.29 is 14.9 Å². The Labute approximate surface area is 225 Å². The molecule has 3 saturated carbocycles. The van der Waals surface area contributed by atoms with Crippen LogP contribution in [0.15, 0.2) is 36.0 Å². The van der Waals surface area contributed by atoms with E-state index in [9.17, 15) is 10.2 Å². The van der Waals surface area contributed by atoms with Gasteiger partial charge in [0.1, 0.15) is 6.10 Å². The summed E-state index contributed by atoms with van der Waals surface area (Å²) in [6.45, 7) is 11.9. The number of nitrogens with zero attached hydrogens (tertiary/aromatic N) is 1. The highest BCUT2D eigenvalue weighted by Gasteiger charge is 2.60. The third-order valence-corrected chi connectivity index (χ3v) is 11.5. The molecular weight excluding hydrogens is 458 g/mol. The first-order chi connectivity index (χ1) is 17.5. The molecule has 0 unspecified atom stereocenters. The zero-order chi connectivity index (χ0) is 26.4. The van der Waals surface area contributed by atoms with Crippen LogP contribution in [0.3, 0.4) is 0 Å². The van der Waals surface area contributed by atoms with E-state index < -0.39 is 11.7 Å². The van der Waals surface area contributed by atoms with E-state index in [0.29, 0.717) is 17.9 Å². The fourth-order valence-electron chi connectivity index (χ4n) is 9.59. The number of aliphatic hydroxyl groups excluding tert-OH is 1. The van der Waals surface area contributed by atoms with Gasteiger partial charge < -0.3 is 14.9 Å². The Bertz CT molecular complexity index is 954. The van der Waals surface area contributed by atoms with Crippen molar-refractivity contribution in [3.8, 4) is 0 Å². The monoisotopic (exact) mass is 509 g/mol. The summed E-state index contributed by atoms with van der Waals surface area (Å²) in [6.07, 6.45) is 15.4. The molecule has 1 aromatic rings. The number of fused-ring (bicyclic) bond motifs is 5. The summed E-state index contributed by atoms with van der Waals surface area (Å²) in [5.74, 6) is 3.77. The predicted molar refractivity (Wildman–Crippen MR) is 149 cm³/mol. The van der Waals surface area contributed by atoms with Crippen LogP contribution in [0.5, 0.6) is 0 Å². The first-order valence-electron chi connectivity index (χ1n) is 15.2. The fourth-order valence-corrected chi connectivity index (χ4v) is 9.59. The molecule has 1 heterocycles. The molecule has 0 aliphatic heterocycles. The summed E-state index contributed by atoms with van der Waals surface area (Å²) in [4.78, 5) is 4.39. The number of aromatic nitrogens is 1. The normalized spacial score (nSPS) is 40.4. The molecule has 0 saturated heterocycles. The molecule has 9 atom stereocenters. The molecule has 4 nitrogen and oxygen atoms in total. The molecule has 4 aliphatic rings. The first kappa shape index (κ1) is 27.3. The number of hydrogen-bond acceptors (Lipinski definition) is 4. The number of pyridine rings is 1. The van der Waals surface area contributed by atoms with Gasteiger partial charge in [0.2, 0.25) is 0 Å². The molecule has 4 heteroatoms. The molecule has 4 aliphatic carbocycles. The van der Waals surface area contributed by atoms with E-state index in [1.165, 1.54) is 37.7 Å². The number of aliphatic hydroxyl groups is 2. The summed E-state index contributed by atoms with van der Waals surface area (Å²) in [5, 5.41) is 21.6. The quantitative estimate of drug-likeness (QED) is 0.367. The Kier molecular flexibility index (Phi) is 7.68. The van der Waals surface area contributed by atoms with Gasteiger partial charge in [-0.1, -0.05) is 45.8 Å². The smallest absolute Gasteiger partial charge is 0.102 e. The third kappa shape index (κ3) is 5.20. The highest BCUT2D eigenvalue weighted by molar-refractivity contribution is 5.29. The molecule has 0 spiro atoms. The summed E-state index contributed by atoms with van der Waals surface area (Å²) < 4.78 is 6.22. The Morgan fingerprint density at radius 2 is 1.92 bits per heavy atom. The lowest BCUT2D eigenvalue weighted by Crippen LogP contribution is -2.54. The molecule has 3 fully saturated rings. The van der Waals surface area contributed by atoms with Crippen LogP contribution < -0.4 is 0 Å². The van der Waals surface area contributed by atoms with Crippen molar-refractivity contribution in [2.45, 2.75) is 123 Å². The van der Waals surface area contributed by atoms with Gasteiger partial charge in [0.25, 0.3) is 0 Å². The third-order valence-electron chi connectivity index (χ3n) is 11.5. The van der Waals surface area contributed by atoms with Crippen LogP contribution in [-0.4, -0.2) is 33.0 Å². The lowest BCUT2D eigenvalue weighted by Gasteiger charge is -2.59. The molecule has 0 aromatic carbocycles. The lowest BCUT2D eigenvalue weighted by atomic mass is 9.46. The first-order valence-corrected chi connectivity index (χ1v) is 15.2. The van der Waals surface area contributed by atoms with Crippen LogP contribution in [0.4, 0.5) is 0 Å². The molecule has 37 heavy (non-hydrogen) atoms. The van der Waals surface area contributed by atoms with Crippen LogP contribution in [-0.2, 0) is 11.3 Å². The van der Waals surface area contributed by atoms with Gasteiger partial charge in [-0.15, -0.1) is 0 Å². The number of rotatable bonds is 8. The van der Waals surface area contributed by atoms with Gasteiger partial charge in [-0.2, -0.15) is 0 Å². The minimum Gasteiger partial charge on any atom is -0.390 e. The van der Waals surface area contributed by atoms with Crippen LogP contribution in [0.1, 0.15) is 105 Å². The Balaban J connectivity index is 1.26. The number of ether oxygens (including phenoxy) is 1. The SMILES string of the molecule is C[C@H](CCCC(C)(C)O)[C@H]1CC[C@H]2[C@@H]3CC=C4[C@@H](O)[C@@H](OCc5ccccn5)CC[C@]4(C)[C@H]3CC[C@]12C. The number of hydrogen-bond donors (Lipinski definition) is 2. The van der Waals surface area contributed by atoms with Gasteiger partial charge in [0.15, 0.2) is 0 Å². The van der Waals surface area contributed by atoms with E-state index in [0.717, 1.165) is 61.5 Å². The maximum Gasteiger partial charge on any atom is 0.102 e. The van der Waals surface area contributed by atoms with E-state index in [-0.39, 0.29) is 11.5 Å². The minimum absolute atomic E-state index is 0.102. The van der Waals surface area contributed by atoms with Crippen LogP contribution in [0.2, 0.25) is 0 Å². The van der Waals surface area contributed by atoms with Gasteiger partial charge in [-0.05, 0) is 123 Å². The number of allylic oxidation sites excluding steroid dienone is 1. The van der Waals surface area contributed by atoms with Crippen molar-refractivity contribution in [1.82, 2.24) is 4.98 Å². The zero-order valence-corrected chi connectivity index (χ0v) is 24.0. The van der Waals surface area contributed by atoms with Gasteiger partial charge in [-0.3, -0.25) is 4.98 Å². The van der Waals surface area contributed by atoms with Crippen molar-refractivity contribution in [3.05, 3.63) is 41.7 Å². The van der Waals surface area contributed by atoms with E-state index in [2.05, 4.69) is 31.8 Å². The average Bonchev–Trinajstić information content (AvgIpc) is 3.21. The maximum atomic E-state index is 11.5. The summed E-state index contributed by atoms with van der Waals surface area (Å²) >= 11 is 0. The van der Waals surface area contributed by atoms with Crippen LogP contribution in [0, 0.1) is 40.4 Å². The molecule has 0 amide bonds. The standard InChI is InChI=1S/C33H51NO3/c1-22(9-8-17-31(2,3)36)25-13-14-26-24-11-12-28-30(35)29(37-21-23-10-6-7-20-34-23)16-19-33(28,5)27(24)15-18-32(25,26)4/h6-7,10,12,20,22,24-27,29-30,35-36H,8-9,11,13-19,21H2,1-5H3/t22-,24+,25-,26+,27+,29+,30-,32-,33-/m1/s1. The summed E-state index contributed by atoms with van der Waals surface area (Å²) in [6, 6.07) is 5.91. The fraction of sp³-hybridized carbons (Fsp3) is 0.788. The van der Waals surface area contributed by atoms with Gasteiger partial charge >= 0.3 is 0 Å². The van der Waals surface area contributed by atoms with Crippen molar-refractivity contribution in [1.29, 1.82) is 0 Å². The zero-order valence-electron chi connectivity index (χ0n) is 24.0. The second kappa shape index (κ2) is 10.4. The second-order valence-electron chi connectivity index (χ2n) is 14.3. The molecule has 206 valence electrons. The highest BCUT2D eigenvalue weighted by atomic mass is 16.5. The largest absolute Gasteiger partial charge is 0.390 e. The van der Waals surface area contributed by atoms with E-state index >= 15 is 0 Å². The Hall–Kier alpha value is -1.23. The second-order valence-corrected chi connectivity index (χ2v) is 14.3. The Morgan fingerprint density at radius 3 is 2.65 bits per heavy atom. The van der Waals surface area contributed by atoms with E-state index in [1.807, 2.05) is 32.0 Å². The average molecular weight is 510 g/mol. The molecule has 0 bridgehead atoms. The summed E-state index contributed by atoms with van der Waals surface area (Å²) in [5.41, 5.74) is 2.19. The topological polar surface area (TPSA) is 62.6 Å². The molecule has 0 radical (unpaired) electrons. The molecule has 1 aromatic heterocycles. The van der Waals surface area contributed by atoms with Gasteiger partial charge in [0.05, 0.1) is 24.0 Å². The van der Waals surface area contributed by atoms with Crippen LogP contribution in [0.25, 0.3) is 0 Å². The Morgan fingerprint density at radius 1 is 1.11 bits per heavy atom. The summed E-state index contributed by atoms with van der Waals surface area (Å²) in [7, 11) is 0. The van der Waals surface area contributed by atoms with Gasteiger partial charge in [0, 0.05) is 6.20 Å². The van der Waals surface area contributed by atoms with Crippen molar-refractivity contribution in [2.24, 2.45) is 40.4 Å². The minimum atomic E-state index is -0.547. The highest BCUT2D eigenvalue weighted by Crippen LogP contribution is 2.67. The molecule has 5 rings (SSSR count). The van der Waals surface area contributed by atoms with Crippen molar-refractivity contribution >= 4 is 0 Å². The molecule has 2 N–H and O–H groups in total. The maximum absolute atomic E-state index is 11.5. The van der Waals surface area contributed by atoms with Crippen LogP contribution >= 0.6 is 0 Å². The van der Waals surface area contributed by atoms with Gasteiger partial charge in [-0.25, -0.2) is 0 Å². The van der Waals surface area contributed by atoms with Crippen molar-refractivity contribution in [3.63, 3.8) is 0 Å². The van der Waals surface area contributed by atoms with E-state index in [1.54, 1.807) is 6.20 Å². The lowest BCUT2D eigenvalue weighted by molar-refractivity contribution is -0.101. The van der Waals surface area contributed by atoms with E-state index in [4.69, 9.17) is 4.74 Å². The predicted octanol–water partition coefficient (Wildman–Crippen LogP) is 7.09.